The number of hydrogen-bond acceptors (Lipinski definition) is 5. The average molecular weight is 941 g/mol. The van der Waals surface area contributed by atoms with Crippen molar-refractivity contribution >= 4 is 11.9 Å². The zero-order chi connectivity index (χ0) is 48.8. The first-order chi connectivity index (χ1) is 33.0. The summed E-state index contributed by atoms with van der Waals surface area (Å²) in [5.41, 5.74) is 0. The Hall–Kier alpha value is -2.18. The number of aliphatic hydroxyl groups is 2. The molecule has 0 aromatic heterocycles. The molecular weight excluding hydrogens is 827 g/mol. The smallest absolute Gasteiger partial charge is 0.306 e. The predicted molar refractivity (Wildman–Crippen MR) is 292 cm³/mol. The molecule has 392 valence electrons. The summed E-state index contributed by atoms with van der Waals surface area (Å²) in [5, 5.41) is 23.9. The van der Waals surface area contributed by atoms with Crippen LogP contribution in [0.15, 0.2) is 48.6 Å². The quantitative estimate of drug-likeness (QED) is 0.0244. The number of rotatable bonds is 53. The van der Waals surface area contributed by atoms with Gasteiger partial charge in [0.1, 0.15) is 6.10 Å². The van der Waals surface area contributed by atoms with Gasteiger partial charge in [0.15, 0.2) is 0 Å². The maximum atomic E-state index is 13.3. The molecule has 3 unspecified atom stereocenters. The number of aliphatic hydroxyl groups excluding tert-OH is 2. The van der Waals surface area contributed by atoms with E-state index < -0.39 is 18.2 Å². The largest absolute Gasteiger partial charge is 0.462 e. The van der Waals surface area contributed by atoms with Gasteiger partial charge in [-0.3, -0.25) is 9.59 Å². The summed E-state index contributed by atoms with van der Waals surface area (Å²) >= 11 is 0. The molecule has 0 rings (SSSR count). The summed E-state index contributed by atoms with van der Waals surface area (Å²) in [4.78, 5) is 26.3. The molecule has 0 aliphatic heterocycles. The molecular formula is C61H113NO5. The van der Waals surface area contributed by atoms with E-state index in [1.54, 1.807) is 0 Å². The summed E-state index contributed by atoms with van der Waals surface area (Å²) in [5.74, 6) is -0.501. The van der Waals surface area contributed by atoms with Crippen LogP contribution in [0.2, 0.25) is 0 Å². The van der Waals surface area contributed by atoms with E-state index in [4.69, 9.17) is 4.74 Å². The van der Waals surface area contributed by atoms with E-state index in [1.165, 1.54) is 186 Å². The third-order valence-corrected chi connectivity index (χ3v) is 13.4. The highest BCUT2D eigenvalue weighted by molar-refractivity contribution is 5.77. The van der Waals surface area contributed by atoms with Gasteiger partial charge >= 0.3 is 5.97 Å². The third-order valence-electron chi connectivity index (χ3n) is 13.4. The SMILES string of the molecule is CCCCCCC/C=C/C=C/C=C/CCCCCC(CC(=O)NC(CO)C(O)CCCCCCCCCCCCCCCCC)OC(=O)CCCCCCCCC/C=C/CCCCCCCC. The normalized spacial score (nSPS) is 13.4. The first-order valence-electron chi connectivity index (χ1n) is 29.4. The molecule has 0 aromatic rings. The number of ether oxygens (including phenoxy) is 1. The molecule has 67 heavy (non-hydrogen) atoms. The summed E-state index contributed by atoms with van der Waals surface area (Å²) in [6, 6.07) is -0.714. The van der Waals surface area contributed by atoms with Crippen molar-refractivity contribution in [3.05, 3.63) is 48.6 Å². The van der Waals surface area contributed by atoms with Gasteiger partial charge in [-0.15, -0.1) is 0 Å². The van der Waals surface area contributed by atoms with E-state index in [0.29, 0.717) is 19.3 Å². The fraction of sp³-hybridized carbons (Fsp3) is 0.836. The van der Waals surface area contributed by atoms with Gasteiger partial charge in [-0.25, -0.2) is 0 Å². The number of amides is 1. The fourth-order valence-electron chi connectivity index (χ4n) is 8.96. The van der Waals surface area contributed by atoms with Crippen LogP contribution in [-0.2, 0) is 14.3 Å². The van der Waals surface area contributed by atoms with Crippen molar-refractivity contribution in [1.82, 2.24) is 5.32 Å². The molecule has 0 spiro atoms. The molecule has 3 atom stereocenters. The first kappa shape index (κ1) is 64.8. The van der Waals surface area contributed by atoms with Gasteiger partial charge in [0.2, 0.25) is 5.91 Å². The zero-order valence-electron chi connectivity index (χ0n) is 44.8. The second-order valence-electron chi connectivity index (χ2n) is 20.1. The predicted octanol–water partition coefficient (Wildman–Crippen LogP) is 18.2. The number of esters is 1. The highest BCUT2D eigenvalue weighted by Gasteiger charge is 2.24. The van der Waals surface area contributed by atoms with E-state index >= 15 is 0 Å². The molecule has 0 aromatic carbocycles. The lowest BCUT2D eigenvalue weighted by molar-refractivity contribution is -0.151. The van der Waals surface area contributed by atoms with Crippen LogP contribution in [0.25, 0.3) is 0 Å². The number of unbranched alkanes of at least 4 members (excludes halogenated alkanes) is 35. The molecule has 0 heterocycles. The van der Waals surface area contributed by atoms with Crippen LogP contribution < -0.4 is 5.32 Å². The fourth-order valence-corrected chi connectivity index (χ4v) is 8.96. The molecule has 0 aliphatic rings. The minimum Gasteiger partial charge on any atom is -0.462 e. The van der Waals surface area contributed by atoms with E-state index in [0.717, 1.165) is 70.6 Å². The first-order valence-corrected chi connectivity index (χ1v) is 29.4. The Balaban J connectivity index is 4.61. The number of carbonyl (C=O) groups excluding carboxylic acids is 2. The maximum Gasteiger partial charge on any atom is 0.306 e. The Kier molecular flexibility index (Phi) is 53.0. The van der Waals surface area contributed by atoms with Crippen molar-refractivity contribution in [3.63, 3.8) is 0 Å². The van der Waals surface area contributed by atoms with Crippen molar-refractivity contribution in [1.29, 1.82) is 0 Å². The van der Waals surface area contributed by atoms with Crippen molar-refractivity contribution in [2.24, 2.45) is 0 Å². The standard InChI is InChI=1S/C61H113NO5/c1-4-7-10-13-16-19-22-25-28-30-33-36-39-42-45-48-51-54-61(66)67-57(52-49-46-43-40-37-34-32-29-26-23-20-17-14-11-8-5-2)55-60(65)62-58(56-63)59(64)53-50-47-44-41-38-35-31-27-24-21-18-15-12-9-6-3/h23,25-26,28-29,32,34,37,57-59,63-64H,4-22,24,27,30-31,33,35-36,38-56H2,1-3H3,(H,62,65)/b26-23+,28-25+,32-29+,37-34+. The highest BCUT2D eigenvalue weighted by atomic mass is 16.5. The number of nitrogens with one attached hydrogen (secondary N) is 1. The van der Waals surface area contributed by atoms with Gasteiger partial charge in [0, 0.05) is 6.42 Å². The molecule has 0 fully saturated rings. The van der Waals surface area contributed by atoms with Crippen molar-refractivity contribution in [3.8, 4) is 0 Å². The lowest BCUT2D eigenvalue weighted by Gasteiger charge is -2.24. The Morgan fingerprint density at radius 1 is 0.433 bits per heavy atom. The van der Waals surface area contributed by atoms with Crippen molar-refractivity contribution < 1.29 is 24.5 Å². The molecule has 3 N–H and O–H groups in total. The Labute approximate surface area is 416 Å². The van der Waals surface area contributed by atoms with Gasteiger partial charge in [0.05, 0.1) is 25.2 Å². The van der Waals surface area contributed by atoms with Crippen LogP contribution >= 0.6 is 0 Å². The Morgan fingerprint density at radius 3 is 1.19 bits per heavy atom. The van der Waals surface area contributed by atoms with Gasteiger partial charge < -0.3 is 20.3 Å². The number of allylic oxidation sites excluding steroid dienone is 8. The van der Waals surface area contributed by atoms with Crippen LogP contribution in [-0.4, -0.2) is 46.9 Å². The van der Waals surface area contributed by atoms with Gasteiger partial charge in [0.25, 0.3) is 0 Å². The highest BCUT2D eigenvalue weighted by Crippen LogP contribution is 2.18. The van der Waals surface area contributed by atoms with Crippen LogP contribution in [0, 0.1) is 0 Å². The molecule has 0 bridgehead atoms. The van der Waals surface area contributed by atoms with Crippen molar-refractivity contribution in [2.75, 3.05) is 6.61 Å². The van der Waals surface area contributed by atoms with Crippen LogP contribution in [0.5, 0.6) is 0 Å². The molecule has 0 saturated heterocycles. The van der Waals surface area contributed by atoms with E-state index in [1.807, 2.05) is 0 Å². The monoisotopic (exact) mass is 940 g/mol. The van der Waals surface area contributed by atoms with Gasteiger partial charge in [-0.2, -0.15) is 0 Å². The zero-order valence-corrected chi connectivity index (χ0v) is 44.8. The summed E-state index contributed by atoms with van der Waals surface area (Å²) in [6.45, 7) is 6.48. The van der Waals surface area contributed by atoms with Gasteiger partial charge in [-0.05, 0) is 77.0 Å². The van der Waals surface area contributed by atoms with Gasteiger partial charge in [-0.1, -0.05) is 262 Å². The molecule has 6 nitrogen and oxygen atoms in total. The molecule has 6 heteroatoms. The molecule has 0 radical (unpaired) electrons. The van der Waals surface area contributed by atoms with Crippen LogP contribution in [0.4, 0.5) is 0 Å². The minimum atomic E-state index is -0.798. The number of hydrogen-bond donors (Lipinski definition) is 3. The average Bonchev–Trinajstić information content (AvgIpc) is 3.32. The topological polar surface area (TPSA) is 95.9 Å². The summed E-state index contributed by atoms with van der Waals surface area (Å²) in [7, 11) is 0. The van der Waals surface area contributed by atoms with Crippen LogP contribution in [0.3, 0.4) is 0 Å². The van der Waals surface area contributed by atoms with Crippen molar-refractivity contribution in [2.45, 2.75) is 322 Å². The Morgan fingerprint density at radius 2 is 0.776 bits per heavy atom. The second-order valence-corrected chi connectivity index (χ2v) is 20.1. The lowest BCUT2D eigenvalue weighted by atomic mass is 10.0. The maximum absolute atomic E-state index is 13.3. The van der Waals surface area contributed by atoms with E-state index in [9.17, 15) is 19.8 Å². The van der Waals surface area contributed by atoms with E-state index in [-0.39, 0.29) is 24.9 Å². The second kappa shape index (κ2) is 54.8. The third kappa shape index (κ3) is 50.0. The number of carbonyl (C=O) groups is 2. The lowest BCUT2D eigenvalue weighted by Crippen LogP contribution is -2.46. The Bertz CT molecular complexity index is 1150. The summed E-state index contributed by atoms with van der Waals surface area (Å²) in [6.07, 6.45) is 67.4. The van der Waals surface area contributed by atoms with Crippen LogP contribution in [0.1, 0.15) is 303 Å². The molecule has 0 saturated carbocycles. The molecule has 1 amide bonds. The molecule has 0 aliphatic carbocycles. The van der Waals surface area contributed by atoms with E-state index in [2.05, 4.69) is 74.7 Å². The minimum absolute atomic E-state index is 0.0547. The summed E-state index contributed by atoms with van der Waals surface area (Å²) < 4.78 is 5.95.